The lowest BCUT2D eigenvalue weighted by atomic mass is 10.1. The molecule has 0 unspecified atom stereocenters. The van der Waals surface area contributed by atoms with Crippen molar-refractivity contribution in [3.05, 3.63) is 96.8 Å². The van der Waals surface area contributed by atoms with Gasteiger partial charge in [-0.1, -0.05) is 59.1 Å². The second-order valence-electron chi connectivity index (χ2n) is 8.36. The van der Waals surface area contributed by atoms with E-state index in [1.54, 1.807) is 42.5 Å². The predicted octanol–water partition coefficient (Wildman–Crippen LogP) is 7.52. The molecule has 1 aliphatic rings. The first-order valence-corrected chi connectivity index (χ1v) is 13.0. The Morgan fingerprint density at radius 1 is 0.973 bits per heavy atom. The lowest BCUT2D eigenvalue weighted by Gasteiger charge is -2.13. The number of aryl methyl sites for hydroxylation is 2. The van der Waals surface area contributed by atoms with Crippen LogP contribution >= 0.6 is 46.6 Å². The first-order valence-electron chi connectivity index (χ1n) is 11.1. The number of anilines is 1. The standard InChI is InChI=1S/C27H21Cl3N2O4S/c1-15-3-4-16(2)22(9-15)31-25(33)14-36-23-8-6-17(10-21(23)30)12-24-26(34)32(27(35)37-24)13-18-5-7-19(28)20(29)11-18/h3-12H,13-14H2,1-2H3,(H,31,33)/b24-12-. The average Bonchev–Trinajstić information content (AvgIpc) is 3.10. The Labute approximate surface area is 233 Å². The zero-order valence-electron chi connectivity index (χ0n) is 19.8. The van der Waals surface area contributed by atoms with Crippen LogP contribution in [-0.4, -0.2) is 28.6 Å². The van der Waals surface area contributed by atoms with E-state index >= 15 is 0 Å². The molecule has 10 heteroatoms. The van der Waals surface area contributed by atoms with Crippen LogP contribution in [0.4, 0.5) is 10.5 Å². The van der Waals surface area contributed by atoms with Gasteiger partial charge in [0.1, 0.15) is 5.75 Å². The number of halogens is 3. The van der Waals surface area contributed by atoms with Gasteiger partial charge in [0.05, 0.1) is 26.5 Å². The molecule has 6 nitrogen and oxygen atoms in total. The number of amides is 3. The number of benzene rings is 3. The van der Waals surface area contributed by atoms with E-state index in [4.69, 9.17) is 39.5 Å². The molecule has 4 rings (SSSR count). The van der Waals surface area contributed by atoms with Crippen LogP contribution in [0, 0.1) is 13.8 Å². The number of nitrogens with zero attached hydrogens (tertiary/aromatic N) is 1. The molecule has 0 saturated carbocycles. The van der Waals surface area contributed by atoms with Gasteiger partial charge in [-0.3, -0.25) is 19.3 Å². The van der Waals surface area contributed by atoms with Gasteiger partial charge in [-0.2, -0.15) is 0 Å². The van der Waals surface area contributed by atoms with Crippen LogP contribution in [0.3, 0.4) is 0 Å². The molecule has 1 fully saturated rings. The minimum Gasteiger partial charge on any atom is -0.482 e. The second-order valence-corrected chi connectivity index (χ2v) is 10.6. The number of hydrogen-bond acceptors (Lipinski definition) is 5. The molecule has 1 N–H and O–H groups in total. The molecule has 3 aromatic rings. The summed E-state index contributed by atoms with van der Waals surface area (Å²) in [5.41, 5.74) is 4.00. The minimum absolute atomic E-state index is 0.0799. The van der Waals surface area contributed by atoms with Gasteiger partial charge in [-0.15, -0.1) is 0 Å². The number of hydrogen-bond donors (Lipinski definition) is 1. The third-order valence-corrected chi connectivity index (χ3v) is 7.42. The zero-order chi connectivity index (χ0) is 26.7. The summed E-state index contributed by atoms with van der Waals surface area (Å²) in [5.74, 6) is -0.409. The highest BCUT2D eigenvalue weighted by atomic mass is 35.5. The van der Waals surface area contributed by atoms with Gasteiger partial charge in [0.15, 0.2) is 6.61 Å². The highest BCUT2D eigenvalue weighted by molar-refractivity contribution is 8.18. The molecule has 1 saturated heterocycles. The Kier molecular flexibility index (Phi) is 8.49. The number of imide groups is 1. The quantitative estimate of drug-likeness (QED) is 0.295. The summed E-state index contributed by atoms with van der Waals surface area (Å²) in [6.07, 6.45) is 1.59. The van der Waals surface area contributed by atoms with Crippen LogP contribution in [0.2, 0.25) is 15.1 Å². The normalized spacial score (nSPS) is 14.4. The van der Waals surface area contributed by atoms with Crippen molar-refractivity contribution in [2.45, 2.75) is 20.4 Å². The summed E-state index contributed by atoms with van der Waals surface area (Å²) in [7, 11) is 0. The van der Waals surface area contributed by atoms with Gasteiger partial charge in [0.25, 0.3) is 17.1 Å². The molecule has 3 aromatic carbocycles. The van der Waals surface area contributed by atoms with E-state index in [9.17, 15) is 14.4 Å². The molecule has 0 aromatic heterocycles. The van der Waals surface area contributed by atoms with Crippen molar-refractivity contribution in [3.8, 4) is 5.75 Å². The molecule has 190 valence electrons. The molecule has 0 bridgehead atoms. The average molecular weight is 576 g/mol. The van der Waals surface area contributed by atoms with Crippen LogP contribution < -0.4 is 10.1 Å². The molecule has 1 heterocycles. The van der Waals surface area contributed by atoms with Gasteiger partial charge < -0.3 is 10.1 Å². The van der Waals surface area contributed by atoms with Crippen molar-refractivity contribution in [2.75, 3.05) is 11.9 Å². The summed E-state index contributed by atoms with van der Waals surface area (Å²) in [6.45, 7) is 3.72. The van der Waals surface area contributed by atoms with E-state index in [-0.39, 0.29) is 34.2 Å². The van der Waals surface area contributed by atoms with Crippen LogP contribution in [0.25, 0.3) is 6.08 Å². The fourth-order valence-electron chi connectivity index (χ4n) is 3.53. The lowest BCUT2D eigenvalue weighted by Crippen LogP contribution is -2.27. The molecule has 0 spiro atoms. The molecule has 3 amide bonds. The minimum atomic E-state index is -0.416. The Morgan fingerprint density at radius 2 is 1.76 bits per heavy atom. The van der Waals surface area contributed by atoms with Gasteiger partial charge in [0, 0.05) is 5.69 Å². The summed E-state index contributed by atoms with van der Waals surface area (Å²) in [6, 6.07) is 15.7. The van der Waals surface area contributed by atoms with E-state index in [1.165, 1.54) is 0 Å². The van der Waals surface area contributed by atoms with Crippen LogP contribution in [0.15, 0.2) is 59.5 Å². The highest BCUT2D eigenvalue weighted by Crippen LogP contribution is 2.35. The van der Waals surface area contributed by atoms with Gasteiger partial charge in [-0.25, -0.2) is 0 Å². The molecule has 0 aliphatic carbocycles. The maximum atomic E-state index is 12.9. The van der Waals surface area contributed by atoms with Gasteiger partial charge in [-0.05, 0) is 84.3 Å². The van der Waals surface area contributed by atoms with Crippen molar-refractivity contribution >= 4 is 75.4 Å². The highest BCUT2D eigenvalue weighted by Gasteiger charge is 2.35. The largest absolute Gasteiger partial charge is 0.482 e. The summed E-state index contributed by atoms with van der Waals surface area (Å²) in [5, 5.41) is 3.45. The Bertz CT molecular complexity index is 1440. The van der Waals surface area contributed by atoms with Crippen molar-refractivity contribution in [2.24, 2.45) is 0 Å². The Hall–Kier alpha value is -2.97. The number of thioether (sulfide) groups is 1. The molecular formula is C27H21Cl3N2O4S. The van der Waals surface area contributed by atoms with E-state index in [1.807, 2.05) is 32.0 Å². The number of nitrogens with one attached hydrogen (secondary N) is 1. The smallest absolute Gasteiger partial charge is 0.293 e. The Balaban J connectivity index is 1.39. The van der Waals surface area contributed by atoms with E-state index in [0.29, 0.717) is 26.9 Å². The number of carbonyl (C=O) groups is 3. The zero-order valence-corrected chi connectivity index (χ0v) is 22.9. The van der Waals surface area contributed by atoms with Gasteiger partial charge >= 0.3 is 0 Å². The topological polar surface area (TPSA) is 75.7 Å². The lowest BCUT2D eigenvalue weighted by molar-refractivity contribution is -0.123. The Morgan fingerprint density at radius 3 is 2.49 bits per heavy atom. The molecule has 0 radical (unpaired) electrons. The molecule has 1 aliphatic heterocycles. The van der Waals surface area contributed by atoms with E-state index < -0.39 is 5.91 Å². The summed E-state index contributed by atoms with van der Waals surface area (Å²) in [4.78, 5) is 39.1. The second kappa shape index (κ2) is 11.6. The fourth-order valence-corrected chi connectivity index (χ4v) is 4.93. The van der Waals surface area contributed by atoms with E-state index in [2.05, 4.69) is 5.32 Å². The first kappa shape index (κ1) is 27.1. The van der Waals surface area contributed by atoms with Crippen molar-refractivity contribution in [1.82, 2.24) is 4.90 Å². The van der Waals surface area contributed by atoms with Crippen molar-refractivity contribution in [3.63, 3.8) is 0 Å². The monoisotopic (exact) mass is 574 g/mol. The van der Waals surface area contributed by atoms with Crippen LogP contribution in [-0.2, 0) is 16.1 Å². The van der Waals surface area contributed by atoms with Gasteiger partial charge in [0.2, 0.25) is 0 Å². The predicted molar refractivity (Wildman–Crippen MR) is 149 cm³/mol. The number of ether oxygens (including phenoxy) is 1. The third kappa shape index (κ3) is 6.67. The summed E-state index contributed by atoms with van der Waals surface area (Å²) >= 11 is 19.2. The van der Waals surface area contributed by atoms with Crippen molar-refractivity contribution < 1.29 is 19.1 Å². The van der Waals surface area contributed by atoms with E-state index in [0.717, 1.165) is 33.5 Å². The number of carbonyl (C=O) groups excluding carboxylic acids is 3. The molecule has 37 heavy (non-hydrogen) atoms. The first-order chi connectivity index (χ1) is 17.6. The molecular weight excluding hydrogens is 555 g/mol. The maximum Gasteiger partial charge on any atom is 0.293 e. The maximum absolute atomic E-state index is 12.9. The van der Waals surface area contributed by atoms with Crippen molar-refractivity contribution in [1.29, 1.82) is 0 Å². The third-order valence-electron chi connectivity index (χ3n) is 5.48. The summed E-state index contributed by atoms with van der Waals surface area (Å²) < 4.78 is 5.59. The SMILES string of the molecule is Cc1ccc(C)c(NC(=O)COc2ccc(/C=C3\SC(=O)N(Cc4ccc(Cl)c(Cl)c4)C3=O)cc2Cl)c1. The molecule has 0 atom stereocenters. The fraction of sp³-hybridized carbons (Fsp3) is 0.148. The van der Waals surface area contributed by atoms with Crippen LogP contribution in [0.1, 0.15) is 22.3 Å². The number of rotatable bonds is 7. The van der Waals surface area contributed by atoms with Crippen LogP contribution in [0.5, 0.6) is 5.75 Å².